The number of thiol groups is 1. The summed E-state index contributed by atoms with van der Waals surface area (Å²) in [4.78, 5) is 8.50. The van der Waals surface area contributed by atoms with Crippen molar-refractivity contribution in [3.8, 4) is 0 Å². The molecule has 14 heavy (non-hydrogen) atoms. The van der Waals surface area contributed by atoms with Crippen molar-refractivity contribution in [2.75, 3.05) is 5.75 Å². The molecule has 0 aliphatic heterocycles. The van der Waals surface area contributed by atoms with Crippen LogP contribution in [0.25, 0.3) is 11.0 Å². The Morgan fingerprint density at radius 1 is 1.21 bits per heavy atom. The maximum atomic E-state index is 4.29. The van der Waals surface area contributed by atoms with E-state index >= 15 is 0 Å². The van der Waals surface area contributed by atoms with Crippen LogP contribution in [0, 0.1) is 0 Å². The SMILES string of the molecule is CC(CS)c1ccc2nccnc2c1. The van der Waals surface area contributed by atoms with Gasteiger partial charge in [-0.1, -0.05) is 13.0 Å². The Bertz CT molecular complexity index is 442. The summed E-state index contributed by atoms with van der Waals surface area (Å²) in [5, 5.41) is 0. The van der Waals surface area contributed by atoms with Gasteiger partial charge in [0.2, 0.25) is 0 Å². The molecule has 72 valence electrons. The molecule has 0 aliphatic carbocycles. The highest BCUT2D eigenvalue weighted by Gasteiger charge is 2.04. The van der Waals surface area contributed by atoms with E-state index in [0.717, 1.165) is 16.8 Å². The van der Waals surface area contributed by atoms with E-state index in [1.807, 2.05) is 6.07 Å². The second kappa shape index (κ2) is 3.96. The Kier molecular flexibility index (Phi) is 2.68. The van der Waals surface area contributed by atoms with Crippen LogP contribution in [0.2, 0.25) is 0 Å². The average molecular weight is 204 g/mol. The normalized spacial score (nSPS) is 13.0. The van der Waals surface area contributed by atoms with Gasteiger partial charge in [0.15, 0.2) is 0 Å². The monoisotopic (exact) mass is 204 g/mol. The van der Waals surface area contributed by atoms with Gasteiger partial charge >= 0.3 is 0 Å². The summed E-state index contributed by atoms with van der Waals surface area (Å²) in [6.07, 6.45) is 3.43. The van der Waals surface area contributed by atoms with Crippen LogP contribution in [0.15, 0.2) is 30.6 Å². The molecule has 0 N–H and O–H groups in total. The van der Waals surface area contributed by atoms with Crippen molar-refractivity contribution in [3.63, 3.8) is 0 Å². The zero-order chi connectivity index (χ0) is 9.97. The van der Waals surface area contributed by atoms with Crippen LogP contribution in [-0.4, -0.2) is 15.7 Å². The van der Waals surface area contributed by atoms with Gasteiger partial charge in [0, 0.05) is 12.4 Å². The number of nitrogens with zero attached hydrogens (tertiary/aromatic N) is 2. The van der Waals surface area contributed by atoms with Crippen molar-refractivity contribution in [1.82, 2.24) is 9.97 Å². The molecule has 0 spiro atoms. The molecule has 0 saturated heterocycles. The Morgan fingerprint density at radius 3 is 2.64 bits per heavy atom. The third-order valence-corrected chi connectivity index (χ3v) is 2.88. The molecule has 0 amide bonds. The fourth-order valence-corrected chi connectivity index (χ4v) is 1.60. The maximum Gasteiger partial charge on any atom is 0.0889 e. The third kappa shape index (κ3) is 1.73. The fraction of sp³-hybridized carbons (Fsp3) is 0.273. The van der Waals surface area contributed by atoms with Crippen molar-refractivity contribution in [2.45, 2.75) is 12.8 Å². The standard InChI is InChI=1S/C11H12N2S/c1-8(7-14)9-2-3-10-11(6-9)13-5-4-12-10/h2-6,8,14H,7H2,1H3. The van der Waals surface area contributed by atoms with E-state index in [1.54, 1.807) is 12.4 Å². The fourth-order valence-electron chi connectivity index (χ4n) is 1.39. The smallest absolute Gasteiger partial charge is 0.0889 e. The topological polar surface area (TPSA) is 25.8 Å². The van der Waals surface area contributed by atoms with Gasteiger partial charge in [0.1, 0.15) is 0 Å². The minimum Gasteiger partial charge on any atom is -0.253 e. The quantitative estimate of drug-likeness (QED) is 0.761. The van der Waals surface area contributed by atoms with Gasteiger partial charge in [0.05, 0.1) is 11.0 Å². The molecule has 3 heteroatoms. The lowest BCUT2D eigenvalue weighted by molar-refractivity contribution is 0.885. The van der Waals surface area contributed by atoms with Gasteiger partial charge in [-0.3, -0.25) is 9.97 Å². The number of hydrogen-bond acceptors (Lipinski definition) is 3. The number of rotatable bonds is 2. The molecular formula is C11H12N2S. The Labute approximate surface area is 88.8 Å². The number of aromatic nitrogens is 2. The third-order valence-electron chi connectivity index (χ3n) is 2.34. The number of fused-ring (bicyclic) bond motifs is 1. The molecule has 0 saturated carbocycles. The molecule has 0 bridgehead atoms. The molecule has 2 nitrogen and oxygen atoms in total. The van der Waals surface area contributed by atoms with E-state index in [4.69, 9.17) is 0 Å². The summed E-state index contributed by atoms with van der Waals surface area (Å²) in [5.41, 5.74) is 3.18. The Balaban J connectivity index is 2.51. The van der Waals surface area contributed by atoms with Crippen LogP contribution in [0.5, 0.6) is 0 Å². The van der Waals surface area contributed by atoms with E-state index in [1.165, 1.54) is 5.56 Å². The van der Waals surface area contributed by atoms with Gasteiger partial charge in [-0.05, 0) is 29.4 Å². The van der Waals surface area contributed by atoms with Gasteiger partial charge in [-0.2, -0.15) is 12.6 Å². The van der Waals surface area contributed by atoms with Crippen LogP contribution in [0.1, 0.15) is 18.4 Å². The summed E-state index contributed by atoms with van der Waals surface area (Å²) >= 11 is 4.29. The summed E-state index contributed by atoms with van der Waals surface area (Å²) in [6.45, 7) is 2.16. The van der Waals surface area contributed by atoms with Gasteiger partial charge in [0.25, 0.3) is 0 Å². The first-order valence-corrected chi connectivity index (χ1v) is 5.26. The van der Waals surface area contributed by atoms with Gasteiger partial charge in [-0.25, -0.2) is 0 Å². The van der Waals surface area contributed by atoms with E-state index in [-0.39, 0.29) is 0 Å². The molecule has 1 heterocycles. The molecule has 1 aromatic carbocycles. The van der Waals surface area contributed by atoms with Gasteiger partial charge < -0.3 is 0 Å². The van der Waals surface area contributed by atoms with Crippen molar-refractivity contribution in [3.05, 3.63) is 36.2 Å². The Hall–Kier alpha value is -1.09. The molecule has 2 rings (SSSR count). The number of benzene rings is 1. The highest BCUT2D eigenvalue weighted by Crippen LogP contribution is 2.19. The summed E-state index contributed by atoms with van der Waals surface area (Å²) in [7, 11) is 0. The Morgan fingerprint density at radius 2 is 1.93 bits per heavy atom. The van der Waals surface area contributed by atoms with Gasteiger partial charge in [-0.15, -0.1) is 0 Å². The largest absolute Gasteiger partial charge is 0.253 e. The van der Waals surface area contributed by atoms with Crippen LogP contribution in [0.4, 0.5) is 0 Å². The summed E-state index contributed by atoms with van der Waals surface area (Å²) < 4.78 is 0. The maximum absolute atomic E-state index is 4.29. The first-order chi connectivity index (χ1) is 6.81. The molecule has 1 unspecified atom stereocenters. The lowest BCUT2D eigenvalue weighted by Crippen LogP contribution is -1.95. The van der Waals surface area contributed by atoms with Crippen molar-refractivity contribution < 1.29 is 0 Å². The van der Waals surface area contributed by atoms with Crippen molar-refractivity contribution in [1.29, 1.82) is 0 Å². The highest BCUT2D eigenvalue weighted by molar-refractivity contribution is 7.80. The second-order valence-corrected chi connectivity index (χ2v) is 3.75. The van der Waals surface area contributed by atoms with Crippen LogP contribution < -0.4 is 0 Å². The van der Waals surface area contributed by atoms with Crippen LogP contribution >= 0.6 is 12.6 Å². The van der Waals surface area contributed by atoms with E-state index < -0.39 is 0 Å². The average Bonchev–Trinajstić information content (AvgIpc) is 2.27. The van der Waals surface area contributed by atoms with Crippen molar-refractivity contribution in [2.24, 2.45) is 0 Å². The predicted octanol–water partition coefficient (Wildman–Crippen LogP) is 2.66. The number of hydrogen-bond donors (Lipinski definition) is 1. The molecule has 2 aromatic rings. The highest BCUT2D eigenvalue weighted by atomic mass is 32.1. The first-order valence-electron chi connectivity index (χ1n) is 4.63. The summed E-state index contributed by atoms with van der Waals surface area (Å²) in [6, 6.07) is 6.19. The minimum absolute atomic E-state index is 0.463. The van der Waals surface area contributed by atoms with Crippen LogP contribution in [-0.2, 0) is 0 Å². The molecule has 1 atom stereocenters. The molecule has 0 radical (unpaired) electrons. The van der Waals surface area contributed by atoms with Crippen LogP contribution in [0.3, 0.4) is 0 Å². The molecule has 0 fully saturated rings. The molecular weight excluding hydrogens is 192 g/mol. The lowest BCUT2D eigenvalue weighted by Gasteiger charge is -2.08. The van der Waals surface area contributed by atoms with E-state index in [2.05, 4.69) is 41.7 Å². The van der Waals surface area contributed by atoms with E-state index in [9.17, 15) is 0 Å². The molecule has 0 aliphatic rings. The van der Waals surface area contributed by atoms with Crippen molar-refractivity contribution >= 4 is 23.7 Å². The van der Waals surface area contributed by atoms with E-state index in [0.29, 0.717) is 5.92 Å². The zero-order valence-electron chi connectivity index (χ0n) is 8.01. The lowest BCUT2D eigenvalue weighted by atomic mass is 10.0. The first kappa shape index (κ1) is 9.46. The predicted molar refractivity (Wildman–Crippen MR) is 61.8 cm³/mol. The minimum atomic E-state index is 0.463. The second-order valence-electron chi connectivity index (χ2n) is 3.39. The zero-order valence-corrected chi connectivity index (χ0v) is 8.91. The summed E-state index contributed by atoms with van der Waals surface area (Å²) in [5.74, 6) is 1.32. The molecule has 1 aromatic heterocycles.